The first kappa shape index (κ1) is 29.2. The lowest BCUT2D eigenvalue weighted by Gasteiger charge is -2.46. The van der Waals surface area contributed by atoms with Gasteiger partial charge in [-0.1, -0.05) is 24.3 Å². The van der Waals surface area contributed by atoms with E-state index < -0.39 is 5.60 Å². The predicted molar refractivity (Wildman–Crippen MR) is 159 cm³/mol. The summed E-state index contributed by atoms with van der Waals surface area (Å²) in [6.45, 7) is 8.94. The molecule has 0 saturated carbocycles. The topological polar surface area (TPSA) is 131 Å². The highest BCUT2D eigenvalue weighted by Gasteiger charge is 2.38. The molecule has 2 saturated heterocycles. The zero-order valence-corrected chi connectivity index (χ0v) is 24.5. The van der Waals surface area contributed by atoms with Crippen molar-refractivity contribution in [1.29, 1.82) is 0 Å². The maximum atomic E-state index is 13.0. The van der Waals surface area contributed by atoms with E-state index in [1.54, 1.807) is 29.2 Å². The molecule has 0 radical (unpaired) electrons. The van der Waals surface area contributed by atoms with Gasteiger partial charge in [-0.3, -0.25) is 4.79 Å². The highest BCUT2D eigenvalue weighted by atomic mass is 16.6. The molecule has 3 heterocycles. The lowest BCUT2D eigenvalue weighted by atomic mass is 9.79. The number of amides is 2. The van der Waals surface area contributed by atoms with Crippen molar-refractivity contribution in [1.82, 2.24) is 20.0 Å². The molecular formula is C32H39N5O5. The molecule has 3 aromatic rings. The molecule has 42 heavy (non-hydrogen) atoms. The zero-order valence-electron chi connectivity index (χ0n) is 24.5. The largest absolute Gasteiger partial charge is 0.507 e. The fraction of sp³-hybridized carbons (Fsp3) is 0.438. The minimum atomic E-state index is -0.485. The fourth-order valence-electron chi connectivity index (χ4n) is 5.45. The van der Waals surface area contributed by atoms with Gasteiger partial charge in [-0.05, 0) is 75.3 Å². The van der Waals surface area contributed by atoms with E-state index in [2.05, 4.69) is 10.2 Å². The molecule has 5 rings (SSSR count). The van der Waals surface area contributed by atoms with Gasteiger partial charge in [0.2, 0.25) is 0 Å². The van der Waals surface area contributed by atoms with Gasteiger partial charge in [0.05, 0.1) is 6.61 Å². The molecular weight excluding hydrogens is 534 g/mol. The molecule has 2 aromatic carbocycles. The number of ether oxygens (including phenoxy) is 2. The van der Waals surface area contributed by atoms with Crippen molar-refractivity contribution in [2.75, 3.05) is 38.5 Å². The number of anilines is 1. The van der Waals surface area contributed by atoms with E-state index in [4.69, 9.17) is 15.2 Å². The van der Waals surface area contributed by atoms with Crippen LogP contribution in [-0.2, 0) is 11.2 Å². The Morgan fingerprint density at radius 2 is 1.67 bits per heavy atom. The third-order valence-corrected chi connectivity index (χ3v) is 7.87. The number of likely N-dealkylation sites (tertiary alicyclic amines) is 2. The third kappa shape index (κ3) is 6.92. The van der Waals surface area contributed by atoms with Crippen molar-refractivity contribution in [3.63, 3.8) is 0 Å². The van der Waals surface area contributed by atoms with Crippen LogP contribution in [0.4, 0.5) is 10.6 Å². The number of nitrogens with two attached hydrogens (primary N) is 1. The van der Waals surface area contributed by atoms with Gasteiger partial charge in [-0.25, -0.2) is 4.79 Å². The van der Waals surface area contributed by atoms with Crippen molar-refractivity contribution < 1.29 is 24.2 Å². The molecule has 2 aliphatic heterocycles. The van der Waals surface area contributed by atoms with Gasteiger partial charge >= 0.3 is 6.09 Å². The average Bonchev–Trinajstić information content (AvgIpc) is 2.93. The summed E-state index contributed by atoms with van der Waals surface area (Å²) in [6, 6.07) is 16.2. The molecule has 2 fully saturated rings. The van der Waals surface area contributed by atoms with E-state index in [9.17, 15) is 14.7 Å². The first-order valence-corrected chi connectivity index (χ1v) is 14.5. The molecule has 1 aromatic heterocycles. The lowest BCUT2D eigenvalue weighted by Crippen LogP contribution is -2.54. The van der Waals surface area contributed by atoms with Crippen molar-refractivity contribution in [3.05, 3.63) is 65.7 Å². The van der Waals surface area contributed by atoms with Crippen LogP contribution in [0.1, 0.15) is 49.5 Å². The van der Waals surface area contributed by atoms with Crippen LogP contribution in [0.5, 0.6) is 11.5 Å². The summed E-state index contributed by atoms with van der Waals surface area (Å²) in [4.78, 5) is 29.1. The molecule has 10 heteroatoms. The number of phenolic OH excluding ortho intramolecular Hbond substituents is 1. The van der Waals surface area contributed by atoms with Crippen LogP contribution in [0.3, 0.4) is 0 Å². The van der Waals surface area contributed by atoms with Crippen LogP contribution < -0.4 is 10.5 Å². The number of phenols is 1. The number of benzene rings is 2. The van der Waals surface area contributed by atoms with Gasteiger partial charge in [0.25, 0.3) is 5.91 Å². The van der Waals surface area contributed by atoms with Crippen molar-refractivity contribution in [3.8, 4) is 22.8 Å². The summed E-state index contributed by atoms with van der Waals surface area (Å²) in [5.74, 6) is 1.73. The quantitative estimate of drug-likeness (QED) is 0.413. The van der Waals surface area contributed by atoms with E-state index >= 15 is 0 Å². The molecule has 0 aliphatic carbocycles. The standard InChI is InChI=1S/C32H39N5O5/c1-32(2,3)42-31(40)36-15-12-22(13-16-36)24-19-37(20-24)30(39)23-10-8-21(9-11-23)14-17-41-28-18-26(34-35-29(28)33)25-6-4-5-7-27(25)38/h4-11,18,22,24,38H,12-17,19-20H2,1-3H3,(H2,33,35). The number of nitrogen functional groups attached to an aromatic ring is 1. The van der Waals surface area contributed by atoms with Gasteiger partial charge in [0, 0.05) is 49.8 Å². The molecule has 222 valence electrons. The summed E-state index contributed by atoms with van der Waals surface area (Å²) >= 11 is 0. The molecule has 0 spiro atoms. The minimum Gasteiger partial charge on any atom is -0.507 e. The van der Waals surface area contributed by atoms with Crippen molar-refractivity contribution >= 4 is 17.8 Å². The van der Waals surface area contributed by atoms with Gasteiger partial charge < -0.3 is 30.1 Å². The molecule has 10 nitrogen and oxygen atoms in total. The van der Waals surface area contributed by atoms with E-state index in [1.807, 2.05) is 56.0 Å². The smallest absolute Gasteiger partial charge is 0.410 e. The Morgan fingerprint density at radius 1 is 0.976 bits per heavy atom. The van der Waals surface area contributed by atoms with Gasteiger partial charge in [0.1, 0.15) is 17.0 Å². The second kappa shape index (κ2) is 12.3. The second-order valence-corrected chi connectivity index (χ2v) is 12.1. The number of aromatic nitrogens is 2. The van der Waals surface area contributed by atoms with Crippen LogP contribution in [0, 0.1) is 11.8 Å². The molecule has 2 amide bonds. The van der Waals surface area contributed by atoms with E-state index in [1.165, 1.54) is 0 Å². The van der Waals surface area contributed by atoms with Crippen LogP contribution >= 0.6 is 0 Å². The van der Waals surface area contributed by atoms with E-state index in [0.29, 0.717) is 60.5 Å². The summed E-state index contributed by atoms with van der Waals surface area (Å²) in [6.07, 6.45) is 2.27. The maximum absolute atomic E-state index is 13.0. The van der Waals surface area contributed by atoms with Gasteiger partial charge in [0.15, 0.2) is 11.6 Å². The van der Waals surface area contributed by atoms with Crippen molar-refractivity contribution in [2.45, 2.75) is 45.6 Å². The summed E-state index contributed by atoms with van der Waals surface area (Å²) < 4.78 is 11.4. The Hall–Kier alpha value is -4.34. The number of para-hydroxylation sites is 1. The number of carbonyl (C=O) groups is 2. The average molecular weight is 574 g/mol. The first-order chi connectivity index (χ1) is 20.1. The number of hydrogen-bond donors (Lipinski definition) is 2. The van der Waals surface area contributed by atoms with Crippen LogP contribution in [0.15, 0.2) is 54.6 Å². The number of hydrogen-bond acceptors (Lipinski definition) is 8. The number of rotatable bonds is 7. The lowest BCUT2D eigenvalue weighted by molar-refractivity contribution is 0.00377. The third-order valence-electron chi connectivity index (χ3n) is 7.87. The SMILES string of the molecule is CC(C)(C)OC(=O)N1CCC(C2CN(C(=O)c3ccc(CCOc4cc(-c5ccccc5O)nnc4N)cc3)C2)CC1. The normalized spacial score (nSPS) is 16.2. The molecule has 0 bridgehead atoms. The number of aromatic hydroxyl groups is 1. The van der Waals surface area contributed by atoms with E-state index in [-0.39, 0.29) is 23.6 Å². The van der Waals surface area contributed by atoms with Crippen molar-refractivity contribution in [2.24, 2.45) is 11.8 Å². The molecule has 0 atom stereocenters. The Kier molecular flexibility index (Phi) is 8.51. The Labute approximate surface area is 246 Å². The van der Waals surface area contributed by atoms with Crippen LogP contribution in [0.25, 0.3) is 11.3 Å². The Balaban J connectivity index is 1.06. The monoisotopic (exact) mass is 573 g/mol. The fourth-order valence-corrected chi connectivity index (χ4v) is 5.45. The minimum absolute atomic E-state index is 0.0487. The van der Waals surface area contributed by atoms with Gasteiger partial charge in [-0.2, -0.15) is 0 Å². The second-order valence-electron chi connectivity index (χ2n) is 12.1. The van der Waals surface area contributed by atoms with Crippen LogP contribution in [0.2, 0.25) is 0 Å². The molecule has 3 N–H and O–H groups in total. The maximum Gasteiger partial charge on any atom is 0.410 e. The molecule has 2 aliphatic rings. The zero-order chi connectivity index (χ0) is 29.9. The summed E-state index contributed by atoms with van der Waals surface area (Å²) in [7, 11) is 0. The number of piperidine rings is 1. The van der Waals surface area contributed by atoms with Crippen LogP contribution in [-0.4, -0.2) is 75.5 Å². The predicted octanol–water partition coefficient (Wildman–Crippen LogP) is 4.77. The number of nitrogens with zero attached hydrogens (tertiary/aromatic N) is 4. The highest BCUT2D eigenvalue weighted by Crippen LogP contribution is 2.33. The van der Waals surface area contributed by atoms with E-state index in [0.717, 1.165) is 31.5 Å². The highest BCUT2D eigenvalue weighted by molar-refractivity contribution is 5.94. The Bertz CT molecular complexity index is 1410. The molecule has 0 unspecified atom stereocenters. The number of carbonyl (C=O) groups excluding carboxylic acids is 2. The Morgan fingerprint density at radius 3 is 2.33 bits per heavy atom. The summed E-state index contributed by atoms with van der Waals surface area (Å²) in [5, 5.41) is 18.1. The first-order valence-electron chi connectivity index (χ1n) is 14.5. The summed E-state index contributed by atoms with van der Waals surface area (Å²) in [5.41, 5.74) is 8.20. The van der Waals surface area contributed by atoms with Gasteiger partial charge in [-0.15, -0.1) is 10.2 Å².